The Morgan fingerprint density at radius 3 is 2.24 bits per heavy atom. The van der Waals surface area contributed by atoms with Crippen molar-refractivity contribution < 1.29 is 22.7 Å². The van der Waals surface area contributed by atoms with E-state index >= 15 is 0 Å². The van der Waals surface area contributed by atoms with Crippen molar-refractivity contribution >= 4 is 5.97 Å². The predicted octanol–water partition coefficient (Wildman–Crippen LogP) is 3.48. The number of ether oxygens (including phenoxy) is 1. The van der Waals surface area contributed by atoms with Gasteiger partial charge in [0.1, 0.15) is 0 Å². The predicted molar refractivity (Wildman–Crippen MR) is 73.6 cm³/mol. The van der Waals surface area contributed by atoms with Gasteiger partial charge in [-0.1, -0.05) is 12.1 Å². The molecule has 0 saturated carbocycles. The highest BCUT2D eigenvalue weighted by atomic mass is 19.4. The van der Waals surface area contributed by atoms with Crippen LogP contribution in [-0.2, 0) is 22.3 Å². The van der Waals surface area contributed by atoms with Crippen molar-refractivity contribution in [3.63, 3.8) is 0 Å². The monoisotopic (exact) mass is 303 g/mol. The number of esters is 1. The van der Waals surface area contributed by atoms with Gasteiger partial charge in [0.2, 0.25) is 0 Å². The summed E-state index contributed by atoms with van der Waals surface area (Å²) in [6.07, 6.45) is -4.33. The van der Waals surface area contributed by atoms with Crippen molar-refractivity contribution in [1.82, 2.24) is 4.90 Å². The molecule has 3 nitrogen and oxygen atoms in total. The normalized spacial score (nSPS) is 12.0. The highest BCUT2D eigenvalue weighted by Gasteiger charge is 2.30. The van der Waals surface area contributed by atoms with Gasteiger partial charge in [-0.2, -0.15) is 13.2 Å². The van der Waals surface area contributed by atoms with Gasteiger partial charge in [0.05, 0.1) is 18.7 Å². The Kier molecular flexibility index (Phi) is 6.20. The Morgan fingerprint density at radius 2 is 1.81 bits per heavy atom. The molecule has 118 valence electrons. The highest BCUT2D eigenvalue weighted by Crippen LogP contribution is 2.29. The average molecular weight is 303 g/mol. The molecule has 0 atom stereocenters. The summed E-state index contributed by atoms with van der Waals surface area (Å²) in [6, 6.07) is 5.06. The Morgan fingerprint density at radius 1 is 1.24 bits per heavy atom. The lowest BCUT2D eigenvalue weighted by Crippen LogP contribution is -2.36. The van der Waals surface area contributed by atoms with E-state index in [0.717, 1.165) is 17.7 Å². The van der Waals surface area contributed by atoms with Gasteiger partial charge in [-0.15, -0.1) is 0 Å². The van der Waals surface area contributed by atoms with Crippen LogP contribution in [0.5, 0.6) is 0 Å². The molecule has 0 spiro atoms. The fourth-order valence-corrected chi connectivity index (χ4v) is 1.83. The zero-order valence-corrected chi connectivity index (χ0v) is 12.4. The number of hydrogen-bond donors (Lipinski definition) is 0. The molecule has 0 N–H and O–H groups in total. The maximum atomic E-state index is 12.5. The van der Waals surface area contributed by atoms with E-state index in [1.54, 1.807) is 6.92 Å². The quantitative estimate of drug-likeness (QED) is 0.754. The van der Waals surface area contributed by atoms with Crippen LogP contribution in [-0.4, -0.2) is 30.1 Å². The van der Waals surface area contributed by atoms with Gasteiger partial charge in [0, 0.05) is 12.6 Å². The van der Waals surface area contributed by atoms with E-state index in [9.17, 15) is 18.0 Å². The summed E-state index contributed by atoms with van der Waals surface area (Å²) >= 11 is 0. The minimum Gasteiger partial charge on any atom is -0.465 e. The first-order valence-corrected chi connectivity index (χ1v) is 6.79. The zero-order valence-electron chi connectivity index (χ0n) is 12.4. The second kappa shape index (κ2) is 7.45. The van der Waals surface area contributed by atoms with Crippen LogP contribution in [0.2, 0.25) is 0 Å². The van der Waals surface area contributed by atoms with Crippen LogP contribution in [0.3, 0.4) is 0 Å². The molecule has 0 radical (unpaired) electrons. The van der Waals surface area contributed by atoms with E-state index in [2.05, 4.69) is 0 Å². The van der Waals surface area contributed by atoms with Crippen molar-refractivity contribution in [2.45, 2.75) is 39.5 Å². The standard InChI is InChI=1S/C15H20F3NO2/c1-4-21-14(20)10-19(11(2)3)9-12-5-7-13(8-6-12)15(16,17)18/h5-8,11H,4,9-10H2,1-3H3. The molecule has 0 bridgehead atoms. The summed E-state index contributed by atoms with van der Waals surface area (Å²) in [4.78, 5) is 13.4. The molecule has 0 aliphatic carbocycles. The van der Waals surface area contributed by atoms with E-state index < -0.39 is 11.7 Å². The largest absolute Gasteiger partial charge is 0.465 e. The van der Waals surface area contributed by atoms with E-state index in [-0.39, 0.29) is 18.6 Å². The third-order valence-corrected chi connectivity index (χ3v) is 3.03. The summed E-state index contributed by atoms with van der Waals surface area (Å²) in [5.74, 6) is -0.335. The van der Waals surface area contributed by atoms with Gasteiger partial charge in [0.15, 0.2) is 0 Å². The summed E-state index contributed by atoms with van der Waals surface area (Å²) in [5, 5.41) is 0. The van der Waals surface area contributed by atoms with Crippen LogP contribution < -0.4 is 0 Å². The number of carbonyl (C=O) groups excluding carboxylic acids is 1. The average Bonchev–Trinajstić information content (AvgIpc) is 2.37. The summed E-state index contributed by atoms with van der Waals surface area (Å²) in [6.45, 7) is 6.40. The molecule has 0 amide bonds. The molecular weight excluding hydrogens is 283 g/mol. The fraction of sp³-hybridized carbons (Fsp3) is 0.533. The molecule has 0 fully saturated rings. The number of hydrogen-bond acceptors (Lipinski definition) is 3. The van der Waals surface area contributed by atoms with Crippen molar-refractivity contribution in [3.8, 4) is 0 Å². The third kappa shape index (κ3) is 5.75. The number of alkyl halides is 3. The number of halogens is 3. The maximum Gasteiger partial charge on any atom is 0.416 e. The Balaban J connectivity index is 2.73. The molecule has 1 aromatic carbocycles. The third-order valence-electron chi connectivity index (χ3n) is 3.03. The molecule has 1 rings (SSSR count). The number of rotatable bonds is 6. The number of benzene rings is 1. The molecule has 0 aromatic heterocycles. The van der Waals surface area contributed by atoms with Gasteiger partial charge >= 0.3 is 12.1 Å². The molecule has 0 unspecified atom stereocenters. The summed E-state index contributed by atoms with van der Waals surface area (Å²) < 4.78 is 42.4. The van der Waals surface area contributed by atoms with Crippen molar-refractivity contribution in [1.29, 1.82) is 0 Å². The second-order valence-electron chi connectivity index (χ2n) is 5.00. The van der Waals surface area contributed by atoms with Crippen LogP contribution >= 0.6 is 0 Å². The molecule has 21 heavy (non-hydrogen) atoms. The fourth-order valence-electron chi connectivity index (χ4n) is 1.83. The molecule has 1 aromatic rings. The lowest BCUT2D eigenvalue weighted by molar-refractivity contribution is -0.145. The number of carbonyl (C=O) groups is 1. The Labute approximate surface area is 122 Å². The molecular formula is C15H20F3NO2. The zero-order chi connectivity index (χ0) is 16.0. The minimum atomic E-state index is -4.33. The second-order valence-corrected chi connectivity index (χ2v) is 5.00. The first-order valence-electron chi connectivity index (χ1n) is 6.79. The van der Waals surface area contributed by atoms with Crippen LogP contribution in [0.1, 0.15) is 31.9 Å². The van der Waals surface area contributed by atoms with Gasteiger partial charge in [0.25, 0.3) is 0 Å². The van der Waals surface area contributed by atoms with Gasteiger partial charge in [-0.3, -0.25) is 9.69 Å². The van der Waals surface area contributed by atoms with Crippen molar-refractivity contribution in [3.05, 3.63) is 35.4 Å². The van der Waals surface area contributed by atoms with Crippen molar-refractivity contribution in [2.75, 3.05) is 13.2 Å². The van der Waals surface area contributed by atoms with Crippen molar-refractivity contribution in [2.24, 2.45) is 0 Å². The van der Waals surface area contributed by atoms with E-state index in [1.807, 2.05) is 18.7 Å². The van der Waals surface area contributed by atoms with E-state index in [4.69, 9.17) is 4.74 Å². The molecule has 0 aliphatic heterocycles. The lowest BCUT2D eigenvalue weighted by Gasteiger charge is -2.25. The van der Waals surface area contributed by atoms with Crippen LogP contribution in [0.15, 0.2) is 24.3 Å². The Bertz CT molecular complexity index is 455. The molecule has 0 heterocycles. The summed E-state index contributed by atoms with van der Waals surface area (Å²) in [7, 11) is 0. The van der Waals surface area contributed by atoms with Gasteiger partial charge < -0.3 is 4.74 Å². The van der Waals surface area contributed by atoms with Gasteiger partial charge in [-0.05, 0) is 38.5 Å². The smallest absolute Gasteiger partial charge is 0.416 e. The topological polar surface area (TPSA) is 29.5 Å². The lowest BCUT2D eigenvalue weighted by atomic mass is 10.1. The van der Waals surface area contributed by atoms with E-state index in [1.165, 1.54) is 12.1 Å². The Hall–Kier alpha value is -1.56. The molecule has 0 aliphatic rings. The van der Waals surface area contributed by atoms with Crippen LogP contribution in [0, 0.1) is 0 Å². The maximum absolute atomic E-state index is 12.5. The first-order chi connectivity index (χ1) is 9.74. The minimum absolute atomic E-state index is 0.0803. The van der Waals surface area contributed by atoms with Gasteiger partial charge in [-0.25, -0.2) is 0 Å². The number of nitrogens with zero attached hydrogens (tertiary/aromatic N) is 1. The van der Waals surface area contributed by atoms with Crippen LogP contribution in [0.4, 0.5) is 13.2 Å². The molecule has 0 saturated heterocycles. The van der Waals surface area contributed by atoms with E-state index in [0.29, 0.717) is 13.2 Å². The first kappa shape index (κ1) is 17.5. The summed E-state index contributed by atoms with van der Waals surface area (Å²) in [5.41, 5.74) is 0.0498. The highest BCUT2D eigenvalue weighted by molar-refractivity contribution is 5.71. The molecule has 6 heteroatoms. The van der Waals surface area contributed by atoms with Crippen LogP contribution in [0.25, 0.3) is 0 Å². The SMILES string of the molecule is CCOC(=O)CN(Cc1ccc(C(F)(F)F)cc1)C(C)C.